The Morgan fingerprint density at radius 2 is 2.00 bits per heavy atom. The average molecular weight is 347 g/mol. The normalized spacial score (nSPS) is 16.5. The molecule has 1 N–H and O–H groups in total. The molecule has 1 saturated heterocycles. The molecule has 1 aliphatic heterocycles. The molecule has 1 aliphatic rings. The predicted molar refractivity (Wildman–Crippen MR) is 98.7 cm³/mol. The van der Waals surface area contributed by atoms with Gasteiger partial charge in [-0.2, -0.15) is 0 Å². The Kier molecular flexibility index (Phi) is 7.25. The van der Waals surface area contributed by atoms with Gasteiger partial charge in [0.2, 0.25) is 5.91 Å². The zero-order valence-electron chi connectivity index (χ0n) is 15.5. The Labute approximate surface area is 150 Å². The number of hydrogen-bond donors (Lipinski definition) is 1. The summed E-state index contributed by atoms with van der Waals surface area (Å²) in [5, 5.41) is 2.92. The summed E-state index contributed by atoms with van der Waals surface area (Å²) in [5.41, 5.74) is 1.51. The summed E-state index contributed by atoms with van der Waals surface area (Å²) in [5.74, 6) is 0.00613. The number of likely N-dealkylation sites (N-methyl/N-ethyl adjacent to an activating group) is 1. The van der Waals surface area contributed by atoms with E-state index in [1.165, 1.54) is 0 Å². The number of amides is 3. The van der Waals surface area contributed by atoms with Gasteiger partial charge >= 0.3 is 6.03 Å². The van der Waals surface area contributed by atoms with Crippen molar-refractivity contribution in [3.05, 3.63) is 29.8 Å². The number of nitrogens with one attached hydrogen (secondary N) is 1. The van der Waals surface area contributed by atoms with Crippen molar-refractivity contribution in [1.82, 2.24) is 9.80 Å². The molecule has 0 aromatic heterocycles. The fourth-order valence-electron chi connectivity index (χ4n) is 2.86. The molecular weight excluding hydrogens is 318 g/mol. The highest BCUT2D eigenvalue weighted by Gasteiger charge is 2.17. The summed E-state index contributed by atoms with van der Waals surface area (Å²) in [6.45, 7) is 1.55. The Bertz CT molecular complexity index is 583. The van der Waals surface area contributed by atoms with Crippen LogP contribution in [0.5, 0.6) is 0 Å². The second kappa shape index (κ2) is 9.42. The maximum absolute atomic E-state index is 12.4. The van der Waals surface area contributed by atoms with Gasteiger partial charge in [-0.3, -0.25) is 4.79 Å². The molecule has 1 heterocycles. The molecule has 0 unspecified atom stereocenters. The Balaban J connectivity index is 1.85. The van der Waals surface area contributed by atoms with Crippen molar-refractivity contribution in [3.8, 4) is 0 Å². The largest absolute Gasteiger partial charge is 0.378 e. The number of benzene rings is 1. The van der Waals surface area contributed by atoms with E-state index < -0.39 is 0 Å². The van der Waals surface area contributed by atoms with E-state index >= 15 is 0 Å². The number of carbonyl (C=O) groups is 2. The van der Waals surface area contributed by atoms with Gasteiger partial charge in [0.05, 0.1) is 12.5 Å². The summed E-state index contributed by atoms with van der Waals surface area (Å²) in [4.78, 5) is 27.6. The van der Waals surface area contributed by atoms with Gasteiger partial charge in [-0.05, 0) is 37.3 Å². The fraction of sp³-hybridized carbons (Fsp3) is 0.579. The number of para-hydroxylation sites is 1. The highest BCUT2D eigenvalue weighted by Crippen LogP contribution is 2.18. The zero-order chi connectivity index (χ0) is 18.2. The first-order chi connectivity index (χ1) is 12.0. The van der Waals surface area contributed by atoms with Crippen molar-refractivity contribution in [2.24, 2.45) is 0 Å². The molecule has 0 saturated carbocycles. The smallest absolute Gasteiger partial charge is 0.321 e. The lowest BCUT2D eigenvalue weighted by Gasteiger charge is -2.20. The fourth-order valence-corrected chi connectivity index (χ4v) is 2.86. The first kappa shape index (κ1) is 19.2. The Hall–Kier alpha value is -2.08. The van der Waals surface area contributed by atoms with Gasteiger partial charge in [0, 0.05) is 40.0 Å². The molecule has 0 radical (unpaired) electrons. The van der Waals surface area contributed by atoms with Crippen LogP contribution in [-0.4, -0.2) is 62.1 Å². The first-order valence-electron chi connectivity index (χ1n) is 8.89. The highest BCUT2D eigenvalue weighted by molar-refractivity contribution is 5.91. The van der Waals surface area contributed by atoms with Crippen LogP contribution in [0.15, 0.2) is 24.3 Å². The molecule has 0 aliphatic carbocycles. The van der Waals surface area contributed by atoms with E-state index in [1.807, 2.05) is 24.3 Å². The molecule has 25 heavy (non-hydrogen) atoms. The number of urea groups is 1. The Morgan fingerprint density at radius 1 is 1.24 bits per heavy atom. The lowest BCUT2D eigenvalue weighted by atomic mass is 10.1. The van der Waals surface area contributed by atoms with Crippen LogP contribution in [0.25, 0.3) is 0 Å². The molecule has 3 amide bonds. The standard InChI is InChI=1S/C19H29N3O3/c1-21(2)18(23)14-15-8-4-5-11-17(15)20-19(24)22(3)12-6-9-16-10-7-13-25-16/h4-5,8,11,16H,6-7,9-10,12-14H2,1-3H3,(H,20,24)/t16-/m0/s1. The maximum Gasteiger partial charge on any atom is 0.321 e. The van der Waals surface area contributed by atoms with Crippen molar-refractivity contribution in [2.75, 3.05) is 39.6 Å². The minimum absolute atomic E-state index is 0.00613. The quantitative estimate of drug-likeness (QED) is 0.825. The molecule has 2 rings (SSSR count). The molecular formula is C19H29N3O3. The van der Waals surface area contributed by atoms with Gasteiger partial charge in [0.15, 0.2) is 0 Å². The monoisotopic (exact) mass is 347 g/mol. The van der Waals surface area contributed by atoms with E-state index in [2.05, 4.69) is 5.32 Å². The van der Waals surface area contributed by atoms with E-state index in [-0.39, 0.29) is 18.4 Å². The molecule has 6 heteroatoms. The van der Waals surface area contributed by atoms with Gasteiger partial charge in [-0.15, -0.1) is 0 Å². The number of rotatable bonds is 7. The molecule has 1 aromatic carbocycles. The van der Waals surface area contributed by atoms with E-state index in [0.717, 1.165) is 37.9 Å². The van der Waals surface area contributed by atoms with E-state index in [4.69, 9.17) is 4.74 Å². The SMILES string of the molecule is CN(C)C(=O)Cc1ccccc1NC(=O)N(C)CCC[C@H]1CCCO1. The molecule has 138 valence electrons. The van der Waals surface area contributed by atoms with E-state index in [1.54, 1.807) is 30.9 Å². The third-order valence-corrected chi connectivity index (χ3v) is 4.49. The summed E-state index contributed by atoms with van der Waals surface area (Å²) >= 11 is 0. The lowest BCUT2D eigenvalue weighted by Crippen LogP contribution is -2.33. The van der Waals surface area contributed by atoms with Crippen molar-refractivity contribution in [3.63, 3.8) is 0 Å². The molecule has 1 atom stereocenters. The number of ether oxygens (including phenoxy) is 1. The summed E-state index contributed by atoms with van der Waals surface area (Å²) in [7, 11) is 5.25. The van der Waals surface area contributed by atoms with E-state index in [0.29, 0.717) is 18.3 Å². The number of nitrogens with zero attached hydrogens (tertiary/aromatic N) is 2. The zero-order valence-corrected chi connectivity index (χ0v) is 15.5. The first-order valence-corrected chi connectivity index (χ1v) is 8.89. The van der Waals surface area contributed by atoms with Gasteiger partial charge in [0.25, 0.3) is 0 Å². The van der Waals surface area contributed by atoms with Gasteiger partial charge in [-0.1, -0.05) is 18.2 Å². The third-order valence-electron chi connectivity index (χ3n) is 4.49. The molecule has 0 bridgehead atoms. The highest BCUT2D eigenvalue weighted by atomic mass is 16.5. The van der Waals surface area contributed by atoms with Crippen LogP contribution in [0.2, 0.25) is 0 Å². The second-order valence-corrected chi connectivity index (χ2v) is 6.75. The van der Waals surface area contributed by atoms with Crippen LogP contribution in [0.4, 0.5) is 10.5 Å². The Morgan fingerprint density at radius 3 is 2.68 bits per heavy atom. The minimum Gasteiger partial charge on any atom is -0.378 e. The van der Waals surface area contributed by atoms with Crippen molar-refractivity contribution in [1.29, 1.82) is 0 Å². The average Bonchev–Trinajstić information content (AvgIpc) is 3.09. The van der Waals surface area contributed by atoms with Crippen LogP contribution < -0.4 is 5.32 Å². The van der Waals surface area contributed by atoms with E-state index in [9.17, 15) is 9.59 Å². The molecule has 1 fully saturated rings. The molecule has 1 aromatic rings. The minimum atomic E-state index is -0.155. The summed E-state index contributed by atoms with van der Waals surface area (Å²) < 4.78 is 5.61. The second-order valence-electron chi connectivity index (χ2n) is 6.75. The van der Waals surface area contributed by atoms with Crippen molar-refractivity contribution in [2.45, 2.75) is 38.2 Å². The van der Waals surface area contributed by atoms with Crippen LogP contribution in [0.1, 0.15) is 31.2 Å². The summed E-state index contributed by atoms with van der Waals surface area (Å²) in [6, 6.07) is 7.28. The van der Waals surface area contributed by atoms with Gasteiger partial charge in [0.1, 0.15) is 0 Å². The number of carbonyl (C=O) groups excluding carboxylic acids is 2. The van der Waals surface area contributed by atoms with Crippen LogP contribution in [0, 0.1) is 0 Å². The van der Waals surface area contributed by atoms with Crippen molar-refractivity contribution >= 4 is 17.6 Å². The van der Waals surface area contributed by atoms with Crippen LogP contribution >= 0.6 is 0 Å². The summed E-state index contributed by atoms with van der Waals surface area (Å²) in [6.07, 6.45) is 4.81. The molecule has 0 spiro atoms. The third kappa shape index (κ3) is 6.05. The molecule has 6 nitrogen and oxygen atoms in total. The topological polar surface area (TPSA) is 61.9 Å². The lowest BCUT2D eigenvalue weighted by molar-refractivity contribution is -0.127. The maximum atomic E-state index is 12.4. The number of anilines is 1. The number of hydrogen-bond acceptors (Lipinski definition) is 3. The predicted octanol–water partition coefficient (Wildman–Crippen LogP) is 2.74. The van der Waals surface area contributed by atoms with Crippen LogP contribution in [0.3, 0.4) is 0 Å². The van der Waals surface area contributed by atoms with Crippen LogP contribution in [-0.2, 0) is 16.0 Å². The van der Waals surface area contributed by atoms with Gasteiger partial charge < -0.3 is 19.9 Å². The van der Waals surface area contributed by atoms with Gasteiger partial charge in [-0.25, -0.2) is 4.79 Å². The van der Waals surface area contributed by atoms with Crippen molar-refractivity contribution < 1.29 is 14.3 Å².